The molecule has 0 radical (unpaired) electrons. The molecule has 0 saturated heterocycles. The molecule has 0 atom stereocenters. The van der Waals surface area contributed by atoms with E-state index < -0.39 is 48.8 Å². The topological polar surface area (TPSA) is 182 Å². The molecule has 9 aliphatic rings. The van der Waals surface area contributed by atoms with Gasteiger partial charge in [0.1, 0.15) is 138 Å². The average molecular weight is 1740 g/mol. The van der Waals surface area contributed by atoms with Crippen LogP contribution in [-0.4, -0.2) is 12.6 Å². The highest BCUT2D eigenvalue weighted by Gasteiger charge is 2.43. The van der Waals surface area contributed by atoms with E-state index in [0.29, 0.717) is 155 Å². The SMILES string of the molecule is O=Cc1c2cccc1Oc1cc3cc(c1)C1Oc4cc5c6cc4C(CCc4ccccc4)c4cc7c(cc4O1)OC1Oc4cc8c(cc4C7CCc4ccccc4)C(CCc4ccccc4)c4cc(c7cc4OC(O8)c4cc(cc(c4)Oc4cccc(c4C=O)Oc4cc(cc1c4)Oc1cccc(c1)O3)Oc1cccc(c1)Oc1cc(cc(c1)C(O5)O7)O2)C6CCc1ccccc1. The molecular formula is C114H80O18. The highest BCUT2D eigenvalue weighted by molar-refractivity contribution is 5.85. The first-order chi connectivity index (χ1) is 65.1. The maximum Gasteiger partial charge on any atom is 0.267 e. The van der Waals surface area contributed by atoms with Gasteiger partial charge in [-0.15, -0.1) is 0 Å². The summed E-state index contributed by atoms with van der Waals surface area (Å²) in [6.45, 7) is 0. The van der Waals surface area contributed by atoms with E-state index in [4.69, 9.17) is 75.8 Å². The van der Waals surface area contributed by atoms with Crippen molar-refractivity contribution in [1.82, 2.24) is 0 Å². The van der Waals surface area contributed by atoms with E-state index in [1.165, 1.54) is 0 Å². The molecule has 16 aromatic rings. The van der Waals surface area contributed by atoms with Crippen LogP contribution < -0.4 is 75.8 Å². The summed E-state index contributed by atoms with van der Waals surface area (Å²) < 4.78 is 121. The zero-order valence-electron chi connectivity index (χ0n) is 71.0. The van der Waals surface area contributed by atoms with E-state index in [-0.39, 0.29) is 80.1 Å². The van der Waals surface area contributed by atoms with Crippen LogP contribution in [0.25, 0.3) is 0 Å². The van der Waals surface area contributed by atoms with Gasteiger partial charge >= 0.3 is 0 Å². The summed E-state index contributed by atoms with van der Waals surface area (Å²) in [5, 5.41) is 0. The molecule has 8 heterocycles. The van der Waals surface area contributed by atoms with Crippen LogP contribution >= 0.6 is 0 Å². The first-order valence-electron chi connectivity index (χ1n) is 44.7. The quantitative estimate of drug-likeness (QED) is 0.0936. The lowest BCUT2D eigenvalue weighted by Crippen LogP contribution is -2.26. The fourth-order valence-corrected chi connectivity index (χ4v) is 20.0. The van der Waals surface area contributed by atoms with Crippen LogP contribution in [0.3, 0.4) is 0 Å². The zero-order chi connectivity index (χ0) is 87.4. The molecule has 0 N–H and O–H groups in total. The van der Waals surface area contributed by atoms with Crippen LogP contribution in [0.15, 0.2) is 328 Å². The summed E-state index contributed by atoms with van der Waals surface area (Å²) in [7, 11) is 0. The second-order valence-electron chi connectivity index (χ2n) is 34.6. The van der Waals surface area contributed by atoms with Crippen molar-refractivity contribution >= 4 is 12.6 Å². The Balaban J connectivity index is 0.873. The molecule has 0 amide bonds. The standard InChI is InChI=1S/C114H80O18/c115-63-97-99-29-15-30-100(97)123-83-47-71-43-79(53-83)119-75-27-14-28-76(50-75)120-80-44-72-48-84(54-80)124-102-32-16-31-101(98(102)64-116)122-82-46-70-42-78(52-82)118-74-26-13-25-73(49-74)117-77-41-69(45-81(51-77)121-99)111-125-103-59-104-90-55-89(103)85(37-33-65-17-5-1-6-18-65)93-57-94-87(39-35-67-21-9-3-10-22-67)91-56-92-88(40-36-68-23-11-4-12-24-68)96-58-95(86(90)38-34-66-19-7-2-8-20-66)109(131-112(70)126-104)62-110(96)132-114(72)128-106(92)60-105(91)127-113(71)130-108(94)61-107(93)129-111/h1-32,41-64,85-88,111-114H,33-40H2. The number of benzene rings is 16. The fraction of sp³-hybridized carbons (Fsp3) is 0.140. The van der Waals surface area contributed by atoms with Gasteiger partial charge in [0.2, 0.25) is 0 Å². The fourth-order valence-electron chi connectivity index (χ4n) is 20.0. The number of carbonyl (C=O) groups excluding carboxylic acids is 2. The van der Waals surface area contributed by atoms with Crippen molar-refractivity contribution in [3.8, 4) is 138 Å². The number of hydrogen-bond acceptors (Lipinski definition) is 18. The van der Waals surface area contributed by atoms with E-state index in [1.54, 1.807) is 72.8 Å². The molecule has 132 heavy (non-hydrogen) atoms. The maximum absolute atomic E-state index is 14.3. The number of ether oxygens (including phenoxy) is 16. The minimum Gasteiger partial charge on any atom is -0.457 e. The Labute approximate surface area is 759 Å². The highest BCUT2D eigenvalue weighted by Crippen LogP contribution is 2.60. The van der Waals surface area contributed by atoms with Crippen LogP contribution in [0.1, 0.15) is 184 Å². The first-order valence-corrected chi connectivity index (χ1v) is 44.7. The largest absolute Gasteiger partial charge is 0.457 e. The molecule has 8 aliphatic heterocycles. The second-order valence-corrected chi connectivity index (χ2v) is 34.6. The van der Waals surface area contributed by atoms with Gasteiger partial charge in [0.05, 0.1) is 11.1 Å². The molecule has 16 aromatic carbocycles. The molecule has 18 nitrogen and oxygen atoms in total. The van der Waals surface area contributed by atoms with Gasteiger partial charge in [-0.3, -0.25) is 9.59 Å². The number of rotatable bonds is 14. The maximum atomic E-state index is 14.3. The molecule has 18 heteroatoms. The van der Waals surface area contributed by atoms with Gasteiger partial charge in [-0.05, 0) is 195 Å². The monoisotopic (exact) mass is 1740 g/mol. The molecule has 0 aromatic heterocycles. The molecule has 0 spiro atoms. The third-order valence-electron chi connectivity index (χ3n) is 26.2. The van der Waals surface area contributed by atoms with Crippen LogP contribution in [0, 0.1) is 0 Å². The summed E-state index contributed by atoms with van der Waals surface area (Å²) in [5.41, 5.74) is 13.1. The molecule has 1 aliphatic carbocycles. The predicted octanol–water partition coefficient (Wildman–Crippen LogP) is 28.2. The molecule has 0 fully saturated rings. The van der Waals surface area contributed by atoms with Gasteiger partial charge in [0.15, 0.2) is 12.6 Å². The van der Waals surface area contributed by atoms with Crippen LogP contribution in [0.2, 0.25) is 0 Å². The van der Waals surface area contributed by atoms with Crippen LogP contribution in [-0.2, 0) is 25.7 Å². The summed E-state index contributed by atoms with van der Waals surface area (Å²) in [6, 6.07) is 106. The van der Waals surface area contributed by atoms with Crippen LogP contribution in [0.5, 0.6) is 138 Å². The van der Waals surface area contributed by atoms with Crippen molar-refractivity contribution < 1.29 is 85.4 Å². The van der Waals surface area contributed by atoms with Gasteiger partial charge in [0.25, 0.3) is 25.2 Å². The third-order valence-corrected chi connectivity index (χ3v) is 26.2. The van der Waals surface area contributed by atoms with E-state index in [1.807, 2.05) is 133 Å². The number of aldehydes is 2. The summed E-state index contributed by atoms with van der Waals surface area (Å²) >= 11 is 0. The van der Waals surface area contributed by atoms with Crippen molar-refractivity contribution in [3.63, 3.8) is 0 Å². The molecule has 0 saturated carbocycles. The van der Waals surface area contributed by atoms with Gasteiger partial charge in [-0.25, -0.2) is 0 Å². The second kappa shape index (κ2) is 32.4. The summed E-state index contributed by atoms with van der Waals surface area (Å²) in [4.78, 5) is 28.6. The van der Waals surface area contributed by atoms with Gasteiger partial charge < -0.3 is 75.8 Å². The molecule has 40 bridgehead atoms. The lowest BCUT2D eigenvalue weighted by Gasteiger charge is -2.38. The van der Waals surface area contributed by atoms with Crippen molar-refractivity contribution in [1.29, 1.82) is 0 Å². The lowest BCUT2D eigenvalue weighted by atomic mass is 9.75. The van der Waals surface area contributed by atoms with E-state index in [0.717, 1.165) is 66.8 Å². The molecular weight excluding hydrogens is 1660 g/mol. The Morgan fingerprint density at radius 1 is 0.182 bits per heavy atom. The van der Waals surface area contributed by atoms with E-state index >= 15 is 0 Å². The van der Waals surface area contributed by atoms with Crippen molar-refractivity contribution in [2.24, 2.45) is 0 Å². The number of fused-ring (bicyclic) bond motifs is 16. The lowest BCUT2D eigenvalue weighted by molar-refractivity contribution is -0.0123. The van der Waals surface area contributed by atoms with Crippen molar-refractivity contribution in [2.45, 2.75) is 100 Å². The van der Waals surface area contributed by atoms with E-state index in [2.05, 4.69) is 121 Å². The number of aryl methyl sites for hydroxylation is 4. The third kappa shape index (κ3) is 14.9. The zero-order valence-corrected chi connectivity index (χ0v) is 71.0. The predicted molar refractivity (Wildman–Crippen MR) is 491 cm³/mol. The summed E-state index contributed by atoms with van der Waals surface area (Å²) in [5.74, 6) is 5.34. The average Bonchev–Trinajstić information content (AvgIpc) is 0.723. The summed E-state index contributed by atoms with van der Waals surface area (Å²) in [6.07, 6.45) is 0.453. The number of hydrogen-bond donors (Lipinski definition) is 0. The molecule has 644 valence electrons. The Morgan fingerprint density at radius 3 is 0.591 bits per heavy atom. The van der Waals surface area contributed by atoms with Gasteiger partial charge in [0, 0.05) is 151 Å². The smallest absolute Gasteiger partial charge is 0.267 e. The Morgan fingerprint density at radius 2 is 0.379 bits per heavy atom. The number of carbonyl (C=O) groups is 2. The molecule has 25 rings (SSSR count). The van der Waals surface area contributed by atoms with Crippen molar-refractivity contribution in [2.75, 3.05) is 0 Å². The Bertz CT molecular complexity index is 6390. The molecule has 0 unspecified atom stereocenters. The van der Waals surface area contributed by atoms with Crippen molar-refractivity contribution in [3.05, 3.63) is 428 Å². The van der Waals surface area contributed by atoms with E-state index in [9.17, 15) is 9.59 Å². The van der Waals surface area contributed by atoms with Gasteiger partial charge in [-0.2, -0.15) is 0 Å². The van der Waals surface area contributed by atoms with Crippen LogP contribution in [0.4, 0.5) is 0 Å². The minimum absolute atomic E-state index is 0.0721. The minimum atomic E-state index is -1.38. The normalized spacial score (nSPS) is 18.4. The highest BCUT2D eigenvalue weighted by atomic mass is 16.7. The van der Waals surface area contributed by atoms with Gasteiger partial charge in [-0.1, -0.05) is 146 Å². The first kappa shape index (κ1) is 78.0. The Hall–Kier alpha value is -16.3. The Kier molecular flexibility index (Phi) is 19.2.